The number of rotatable bonds is 4. The number of terminal acetylenes is 1. The van der Waals surface area contributed by atoms with Crippen LogP contribution in [0.1, 0.15) is 24.7 Å². The van der Waals surface area contributed by atoms with E-state index >= 15 is 0 Å². The van der Waals surface area contributed by atoms with E-state index in [1.807, 2.05) is 13.8 Å². The molecule has 0 bridgehead atoms. The highest BCUT2D eigenvalue weighted by molar-refractivity contribution is 5.27. The van der Waals surface area contributed by atoms with Crippen LogP contribution in [0.25, 0.3) is 0 Å². The first-order valence-electron chi connectivity index (χ1n) is 4.96. The Bertz CT molecular complexity index is 368. The smallest absolute Gasteiger partial charge is 0.138 e. The molecule has 1 rings (SSSR count). The van der Waals surface area contributed by atoms with Gasteiger partial charge in [-0.2, -0.15) is 0 Å². The largest absolute Gasteiger partial charge is 0.506 e. The molecule has 80 valence electrons. The van der Waals surface area contributed by atoms with Crippen LogP contribution in [0, 0.1) is 19.3 Å². The Morgan fingerprint density at radius 3 is 3.00 bits per heavy atom. The molecular formula is C12H16N2O. The van der Waals surface area contributed by atoms with Gasteiger partial charge in [-0.3, -0.25) is 4.98 Å². The molecule has 1 unspecified atom stereocenters. The summed E-state index contributed by atoms with van der Waals surface area (Å²) < 4.78 is 0. The predicted octanol–water partition coefficient (Wildman–Crippen LogP) is 1.60. The van der Waals surface area contributed by atoms with Gasteiger partial charge >= 0.3 is 0 Å². The minimum absolute atomic E-state index is 0.223. The molecule has 0 amide bonds. The van der Waals surface area contributed by atoms with Crippen molar-refractivity contribution >= 4 is 0 Å². The van der Waals surface area contributed by atoms with Crippen LogP contribution in [0.3, 0.4) is 0 Å². The summed E-state index contributed by atoms with van der Waals surface area (Å²) in [4.78, 5) is 4.24. The van der Waals surface area contributed by atoms with E-state index in [1.165, 1.54) is 0 Å². The van der Waals surface area contributed by atoms with Crippen LogP contribution in [0.4, 0.5) is 0 Å². The first-order valence-corrected chi connectivity index (χ1v) is 4.96. The van der Waals surface area contributed by atoms with Gasteiger partial charge in [-0.05, 0) is 26.0 Å². The fraction of sp³-hybridized carbons (Fsp3) is 0.417. The zero-order valence-electron chi connectivity index (χ0n) is 9.12. The Kier molecular flexibility index (Phi) is 4.14. The summed E-state index contributed by atoms with van der Waals surface area (Å²) in [7, 11) is 0. The lowest BCUT2D eigenvalue weighted by Crippen LogP contribution is -2.25. The molecule has 0 saturated carbocycles. The molecule has 0 aliphatic rings. The monoisotopic (exact) mass is 204 g/mol. The van der Waals surface area contributed by atoms with E-state index in [-0.39, 0.29) is 11.8 Å². The van der Waals surface area contributed by atoms with E-state index in [0.29, 0.717) is 18.7 Å². The van der Waals surface area contributed by atoms with Gasteiger partial charge in [0.1, 0.15) is 5.75 Å². The minimum Gasteiger partial charge on any atom is -0.506 e. The number of nitrogens with zero attached hydrogens (tertiary/aromatic N) is 1. The summed E-state index contributed by atoms with van der Waals surface area (Å²) in [5.74, 6) is 2.81. The third-order valence-corrected chi connectivity index (χ3v) is 2.13. The average molecular weight is 204 g/mol. The molecule has 0 spiro atoms. The number of nitrogens with one attached hydrogen (secondary N) is 1. The SMILES string of the molecule is C#CCC(C)NCc1nc(C)ccc1O. The molecular weight excluding hydrogens is 188 g/mol. The van der Waals surface area contributed by atoms with Crippen molar-refractivity contribution in [2.75, 3.05) is 0 Å². The highest BCUT2D eigenvalue weighted by atomic mass is 16.3. The molecule has 1 aromatic rings. The predicted molar refractivity (Wildman–Crippen MR) is 60.4 cm³/mol. The standard InChI is InChI=1S/C12H16N2O/c1-4-5-9(2)13-8-11-12(15)7-6-10(3)14-11/h1,6-7,9,13,15H,5,8H2,2-3H3. The molecule has 0 radical (unpaired) electrons. The Morgan fingerprint density at radius 1 is 1.60 bits per heavy atom. The molecule has 1 aromatic heterocycles. The first-order chi connectivity index (χ1) is 7.13. The summed E-state index contributed by atoms with van der Waals surface area (Å²) in [5, 5.41) is 12.7. The van der Waals surface area contributed by atoms with Crippen molar-refractivity contribution in [2.45, 2.75) is 32.9 Å². The summed E-state index contributed by atoms with van der Waals surface area (Å²) in [6.45, 7) is 4.44. The molecule has 0 aliphatic carbocycles. The fourth-order valence-corrected chi connectivity index (χ4v) is 1.25. The highest BCUT2D eigenvalue weighted by Crippen LogP contribution is 2.14. The lowest BCUT2D eigenvalue weighted by atomic mass is 10.2. The molecule has 3 heteroatoms. The number of aryl methyl sites for hydroxylation is 1. The van der Waals surface area contributed by atoms with Crippen LogP contribution in [0.2, 0.25) is 0 Å². The summed E-state index contributed by atoms with van der Waals surface area (Å²) >= 11 is 0. The Balaban J connectivity index is 2.57. The van der Waals surface area contributed by atoms with Gasteiger partial charge in [0.2, 0.25) is 0 Å². The Morgan fingerprint density at radius 2 is 2.33 bits per heavy atom. The molecule has 0 fully saturated rings. The molecule has 0 aromatic carbocycles. The number of pyridine rings is 1. The number of hydrogen-bond donors (Lipinski definition) is 2. The maximum absolute atomic E-state index is 9.53. The van der Waals surface area contributed by atoms with Gasteiger partial charge in [-0.15, -0.1) is 12.3 Å². The summed E-state index contributed by atoms with van der Waals surface area (Å²) in [6.07, 6.45) is 5.87. The zero-order valence-corrected chi connectivity index (χ0v) is 9.12. The van der Waals surface area contributed by atoms with Crippen LogP contribution in [-0.2, 0) is 6.54 Å². The lowest BCUT2D eigenvalue weighted by molar-refractivity contribution is 0.453. The third kappa shape index (κ3) is 3.61. The average Bonchev–Trinajstić information content (AvgIpc) is 2.20. The number of aromatic hydroxyl groups is 1. The van der Waals surface area contributed by atoms with Crippen molar-refractivity contribution in [2.24, 2.45) is 0 Å². The molecule has 3 nitrogen and oxygen atoms in total. The normalized spacial score (nSPS) is 12.1. The lowest BCUT2D eigenvalue weighted by Gasteiger charge is -2.11. The van der Waals surface area contributed by atoms with Crippen molar-refractivity contribution in [3.8, 4) is 18.1 Å². The van der Waals surface area contributed by atoms with Gasteiger partial charge in [0.25, 0.3) is 0 Å². The molecule has 0 aliphatic heterocycles. The third-order valence-electron chi connectivity index (χ3n) is 2.13. The zero-order chi connectivity index (χ0) is 11.3. The van der Waals surface area contributed by atoms with Crippen LogP contribution < -0.4 is 5.32 Å². The fourth-order valence-electron chi connectivity index (χ4n) is 1.25. The molecule has 15 heavy (non-hydrogen) atoms. The molecule has 1 atom stereocenters. The summed E-state index contributed by atoms with van der Waals surface area (Å²) in [6, 6.07) is 3.67. The quantitative estimate of drug-likeness (QED) is 0.732. The van der Waals surface area contributed by atoms with Crippen LogP contribution in [0.5, 0.6) is 5.75 Å². The Labute approximate surface area is 90.5 Å². The van der Waals surface area contributed by atoms with E-state index in [0.717, 1.165) is 5.69 Å². The van der Waals surface area contributed by atoms with E-state index in [1.54, 1.807) is 12.1 Å². The second-order valence-corrected chi connectivity index (χ2v) is 3.61. The number of aromatic nitrogens is 1. The molecule has 1 heterocycles. The second-order valence-electron chi connectivity index (χ2n) is 3.61. The summed E-state index contributed by atoms with van der Waals surface area (Å²) in [5.41, 5.74) is 1.56. The molecule has 0 saturated heterocycles. The van der Waals surface area contributed by atoms with Gasteiger partial charge in [0.05, 0.1) is 5.69 Å². The van der Waals surface area contributed by atoms with Gasteiger partial charge in [-0.1, -0.05) is 0 Å². The second kappa shape index (κ2) is 5.38. The van der Waals surface area contributed by atoms with E-state index in [4.69, 9.17) is 6.42 Å². The van der Waals surface area contributed by atoms with Crippen LogP contribution in [-0.4, -0.2) is 16.1 Å². The van der Waals surface area contributed by atoms with Crippen molar-refractivity contribution in [3.63, 3.8) is 0 Å². The van der Waals surface area contributed by atoms with Gasteiger partial charge in [0, 0.05) is 24.7 Å². The topological polar surface area (TPSA) is 45.2 Å². The van der Waals surface area contributed by atoms with E-state index in [9.17, 15) is 5.11 Å². The first kappa shape index (κ1) is 11.5. The highest BCUT2D eigenvalue weighted by Gasteiger charge is 2.05. The van der Waals surface area contributed by atoms with E-state index in [2.05, 4.69) is 16.2 Å². The van der Waals surface area contributed by atoms with Crippen LogP contribution in [0.15, 0.2) is 12.1 Å². The van der Waals surface area contributed by atoms with E-state index < -0.39 is 0 Å². The van der Waals surface area contributed by atoms with Crippen molar-refractivity contribution < 1.29 is 5.11 Å². The minimum atomic E-state index is 0.223. The van der Waals surface area contributed by atoms with Crippen molar-refractivity contribution in [3.05, 3.63) is 23.5 Å². The molecule has 2 N–H and O–H groups in total. The van der Waals surface area contributed by atoms with Crippen molar-refractivity contribution in [1.82, 2.24) is 10.3 Å². The van der Waals surface area contributed by atoms with Crippen molar-refractivity contribution in [1.29, 1.82) is 0 Å². The maximum atomic E-state index is 9.53. The van der Waals surface area contributed by atoms with Gasteiger partial charge < -0.3 is 10.4 Å². The van der Waals surface area contributed by atoms with Gasteiger partial charge in [0.15, 0.2) is 0 Å². The van der Waals surface area contributed by atoms with Crippen LogP contribution >= 0.6 is 0 Å². The van der Waals surface area contributed by atoms with Gasteiger partial charge in [-0.25, -0.2) is 0 Å². The number of hydrogen-bond acceptors (Lipinski definition) is 3. The maximum Gasteiger partial charge on any atom is 0.138 e. The Hall–Kier alpha value is -1.53.